The Bertz CT molecular complexity index is 747. The number of aromatic nitrogens is 2. The zero-order valence-corrected chi connectivity index (χ0v) is 8.33. The summed E-state index contributed by atoms with van der Waals surface area (Å²) in [6.45, 7) is 0. The van der Waals surface area contributed by atoms with Crippen LogP contribution in [0.4, 0.5) is 0 Å². The van der Waals surface area contributed by atoms with Crippen LogP contribution in [0, 0.1) is 10.1 Å². The third-order valence-electron chi connectivity index (χ3n) is 2.65. The van der Waals surface area contributed by atoms with Gasteiger partial charge in [0.05, 0.1) is 15.3 Å². The van der Waals surface area contributed by atoms with Crippen LogP contribution in [0.25, 0.3) is 21.7 Å². The zero-order valence-electron chi connectivity index (χ0n) is 8.33. The molecule has 0 radical (unpaired) electrons. The standard InChI is InChI=1S/C12H8N2O2/c15-13-7-5-11-10(8-13)4-3-9-2-1-6-14(16)12(9)11/h1-8H. The Morgan fingerprint density at radius 2 is 1.94 bits per heavy atom. The first-order chi connectivity index (χ1) is 7.75. The number of nitrogens with zero attached hydrogens (tertiary/aromatic N) is 2. The second kappa shape index (κ2) is 3.06. The van der Waals surface area contributed by atoms with E-state index in [1.165, 1.54) is 18.6 Å². The first-order valence-electron chi connectivity index (χ1n) is 4.89. The molecule has 0 unspecified atom stereocenters. The molecule has 1 aromatic carbocycles. The molecule has 0 amide bonds. The molecule has 0 N–H and O–H groups in total. The van der Waals surface area contributed by atoms with Gasteiger partial charge in [-0.3, -0.25) is 0 Å². The predicted octanol–water partition coefficient (Wildman–Crippen LogP) is 2.05. The fraction of sp³-hybridized carbons (Fsp3) is 0. The van der Waals surface area contributed by atoms with Gasteiger partial charge in [-0.25, -0.2) is 0 Å². The maximum absolute atomic E-state index is 11.7. The van der Waals surface area contributed by atoms with E-state index in [1.54, 1.807) is 12.1 Å². The lowest BCUT2D eigenvalue weighted by atomic mass is 10.1. The van der Waals surface area contributed by atoms with Gasteiger partial charge in [0, 0.05) is 16.4 Å². The highest BCUT2D eigenvalue weighted by Gasteiger charge is 2.04. The van der Waals surface area contributed by atoms with Crippen molar-refractivity contribution in [3.63, 3.8) is 0 Å². The van der Waals surface area contributed by atoms with Gasteiger partial charge in [-0.1, -0.05) is 12.1 Å². The van der Waals surface area contributed by atoms with Crippen molar-refractivity contribution < 1.29 is 4.43 Å². The minimum Gasteiger partial charge on any atom is -0.806 e. The van der Waals surface area contributed by atoms with Crippen LogP contribution < -0.4 is 4.43 Å². The smallest absolute Gasteiger partial charge is 0.235 e. The van der Waals surface area contributed by atoms with Crippen LogP contribution in [-0.4, -0.2) is 4.73 Å². The number of pyridine rings is 2. The molecule has 0 aliphatic rings. The van der Waals surface area contributed by atoms with Crippen LogP contribution in [0.15, 0.2) is 48.9 Å². The van der Waals surface area contributed by atoms with Crippen LogP contribution >= 0.6 is 0 Å². The van der Waals surface area contributed by atoms with Crippen LogP contribution in [0.5, 0.6) is 0 Å². The minimum absolute atomic E-state index is 0.598. The van der Waals surface area contributed by atoms with E-state index in [9.17, 15) is 10.1 Å². The second-order valence-electron chi connectivity index (χ2n) is 3.65. The quantitative estimate of drug-likeness (QED) is 0.423. The fourth-order valence-corrected chi connectivity index (χ4v) is 1.94. The monoisotopic (exact) mass is 212 g/mol. The number of hydrogen-bond acceptors (Lipinski definition) is 2. The normalized spacial score (nSPS) is 11.0. The van der Waals surface area contributed by atoms with Crippen LogP contribution in [0.1, 0.15) is 0 Å². The molecule has 4 heteroatoms. The van der Waals surface area contributed by atoms with E-state index in [-0.39, 0.29) is 0 Å². The van der Waals surface area contributed by atoms with Gasteiger partial charge in [0.15, 0.2) is 0 Å². The van der Waals surface area contributed by atoms with E-state index in [2.05, 4.69) is 0 Å². The van der Waals surface area contributed by atoms with Crippen molar-refractivity contribution in [1.29, 1.82) is 0 Å². The highest BCUT2D eigenvalue weighted by atomic mass is 16.5. The van der Waals surface area contributed by atoms with Gasteiger partial charge in [0.2, 0.25) is 12.4 Å². The summed E-state index contributed by atoms with van der Waals surface area (Å²) in [7, 11) is 0. The lowest BCUT2D eigenvalue weighted by molar-refractivity contribution is -0.492. The molecule has 0 atom stereocenters. The van der Waals surface area contributed by atoms with Gasteiger partial charge >= 0.3 is 0 Å². The lowest BCUT2D eigenvalue weighted by Gasteiger charge is -2.15. The molecule has 16 heavy (non-hydrogen) atoms. The van der Waals surface area contributed by atoms with Crippen molar-refractivity contribution in [3.05, 3.63) is 59.0 Å². The number of benzene rings is 1. The molecule has 3 aromatic rings. The second-order valence-corrected chi connectivity index (χ2v) is 3.65. The molecule has 0 bridgehead atoms. The van der Waals surface area contributed by atoms with Gasteiger partial charge < -0.3 is 9.94 Å². The summed E-state index contributed by atoms with van der Waals surface area (Å²) in [6.07, 6.45) is 4.32. The van der Waals surface area contributed by atoms with E-state index in [4.69, 9.17) is 0 Å². The largest absolute Gasteiger partial charge is 0.806 e. The van der Waals surface area contributed by atoms with Gasteiger partial charge in [0.1, 0.15) is 0 Å². The van der Waals surface area contributed by atoms with Gasteiger partial charge in [0.25, 0.3) is 0 Å². The molecule has 78 valence electrons. The molecular formula is C12H8N2O2. The molecule has 3 rings (SSSR count). The van der Waals surface area contributed by atoms with Gasteiger partial charge in [-0.2, -0.15) is 0 Å². The van der Waals surface area contributed by atoms with E-state index in [1.807, 2.05) is 18.2 Å². The summed E-state index contributed by atoms with van der Waals surface area (Å²) in [5.74, 6) is 0. The summed E-state index contributed by atoms with van der Waals surface area (Å²) >= 11 is 0. The molecule has 0 aliphatic heterocycles. The Labute approximate surface area is 90.5 Å². The van der Waals surface area contributed by atoms with E-state index in [0.717, 1.165) is 25.3 Å². The molecule has 0 fully saturated rings. The Morgan fingerprint density at radius 1 is 1.12 bits per heavy atom. The molecule has 2 heterocycles. The van der Waals surface area contributed by atoms with Crippen LogP contribution in [0.2, 0.25) is 0 Å². The molecule has 0 aliphatic carbocycles. The lowest BCUT2D eigenvalue weighted by Crippen LogP contribution is -2.10. The van der Waals surface area contributed by atoms with Crippen molar-refractivity contribution >= 4 is 21.7 Å². The maximum Gasteiger partial charge on any atom is 0.235 e. The Morgan fingerprint density at radius 3 is 2.81 bits per heavy atom. The Hall–Kier alpha value is -2.36. The number of rotatable bonds is 0. The first kappa shape index (κ1) is 8.91. The molecule has 2 aromatic heterocycles. The third-order valence-corrected chi connectivity index (χ3v) is 2.65. The Kier molecular flexibility index (Phi) is 1.71. The minimum atomic E-state index is 0.598. The Balaban J connectivity index is 2.63. The number of fused-ring (bicyclic) bond motifs is 3. The maximum atomic E-state index is 11.7. The van der Waals surface area contributed by atoms with Crippen molar-refractivity contribution in [1.82, 2.24) is 4.73 Å². The van der Waals surface area contributed by atoms with Crippen LogP contribution in [0.3, 0.4) is 0 Å². The predicted molar refractivity (Wildman–Crippen MR) is 61.6 cm³/mol. The third kappa shape index (κ3) is 1.16. The molecule has 0 spiro atoms. The summed E-state index contributed by atoms with van der Waals surface area (Å²) in [4.78, 5) is 11.1. The van der Waals surface area contributed by atoms with Gasteiger partial charge in [-0.05, 0) is 23.7 Å². The van der Waals surface area contributed by atoms with Crippen molar-refractivity contribution in [2.45, 2.75) is 0 Å². The molecule has 0 saturated heterocycles. The molecule has 4 nitrogen and oxygen atoms in total. The summed E-state index contributed by atoms with van der Waals surface area (Å²) in [6, 6.07) is 8.93. The average molecular weight is 212 g/mol. The average Bonchev–Trinajstić information content (AvgIpc) is 2.29. The van der Waals surface area contributed by atoms with Crippen LogP contribution in [-0.2, 0) is 0 Å². The highest BCUT2D eigenvalue weighted by Crippen LogP contribution is 2.23. The molecule has 0 saturated carbocycles. The zero-order chi connectivity index (χ0) is 11.1. The summed E-state index contributed by atoms with van der Waals surface area (Å²) in [5, 5.41) is 14.1. The van der Waals surface area contributed by atoms with E-state index >= 15 is 0 Å². The topological polar surface area (TPSA) is 51.0 Å². The molecular weight excluding hydrogens is 204 g/mol. The van der Waals surface area contributed by atoms with Crippen molar-refractivity contribution in [2.75, 3.05) is 0 Å². The first-order valence-corrected chi connectivity index (χ1v) is 4.89. The highest BCUT2D eigenvalue weighted by molar-refractivity contribution is 6.04. The van der Waals surface area contributed by atoms with Gasteiger partial charge in [-0.15, -0.1) is 0 Å². The summed E-state index contributed by atoms with van der Waals surface area (Å²) in [5.41, 5.74) is 0.598. The van der Waals surface area contributed by atoms with Crippen molar-refractivity contribution in [3.8, 4) is 0 Å². The van der Waals surface area contributed by atoms with E-state index in [0.29, 0.717) is 5.52 Å². The fourth-order valence-electron chi connectivity index (χ4n) is 1.94. The van der Waals surface area contributed by atoms with E-state index < -0.39 is 0 Å². The van der Waals surface area contributed by atoms with Crippen molar-refractivity contribution in [2.24, 2.45) is 0 Å². The summed E-state index contributed by atoms with van der Waals surface area (Å²) < 4.78 is 1.55. The SMILES string of the molecule is O=[n+]1ccc2c(ccc3cccn([O-])c32)c1. The number of hydrogen-bond donors (Lipinski definition) is 0.